The van der Waals surface area contributed by atoms with Crippen molar-refractivity contribution < 1.29 is 8.42 Å². The second-order valence-corrected chi connectivity index (χ2v) is 8.11. The first-order valence-corrected chi connectivity index (χ1v) is 9.62. The van der Waals surface area contributed by atoms with Crippen LogP contribution < -0.4 is 5.32 Å². The van der Waals surface area contributed by atoms with Crippen LogP contribution in [0.2, 0.25) is 0 Å². The number of nitrogens with zero attached hydrogens (tertiary/aromatic N) is 2. The molecule has 2 aromatic rings. The summed E-state index contributed by atoms with van der Waals surface area (Å²) in [6, 6.07) is 7.04. The average Bonchev–Trinajstić information content (AvgIpc) is 3.25. The van der Waals surface area contributed by atoms with Crippen LogP contribution in [-0.2, 0) is 22.8 Å². The van der Waals surface area contributed by atoms with E-state index in [9.17, 15) is 8.42 Å². The van der Waals surface area contributed by atoms with E-state index in [-0.39, 0.29) is 5.25 Å². The highest BCUT2D eigenvalue weighted by Gasteiger charge is 2.30. The van der Waals surface area contributed by atoms with Crippen molar-refractivity contribution in [2.45, 2.75) is 55.7 Å². The van der Waals surface area contributed by atoms with E-state index in [1.165, 1.54) is 0 Å². The topological polar surface area (TPSA) is 87.7 Å². The molecule has 0 bridgehead atoms. The Morgan fingerprint density at radius 3 is 2.78 bits per heavy atom. The van der Waals surface area contributed by atoms with Gasteiger partial charge >= 0.3 is 0 Å². The number of hydrogen-bond donors (Lipinski definition) is 2. The molecule has 0 amide bonds. The van der Waals surface area contributed by atoms with Crippen LogP contribution in [0.3, 0.4) is 0 Å². The van der Waals surface area contributed by atoms with Crippen molar-refractivity contribution in [2.75, 3.05) is 5.32 Å². The minimum atomic E-state index is -3.22. The van der Waals surface area contributed by atoms with Crippen LogP contribution >= 0.6 is 0 Å². The number of aryl methyl sites for hydroxylation is 1. The summed E-state index contributed by atoms with van der Waals surface area (Å²) < 4.78 is 25.3. The molecule has 0 spiro atoms. The molecule has 0 saturated heterocycles. The summed E-state index contributed by atoms with van der Waals surface area (Å²) in [6.45, 7) is 2.48. The van der Waals surface area contributed by atoms with Gasteiger partial charge < -0.3 is 5.32 Å². The summed E-state index contributed by atoms with van der Waals surface area (Å²) in [6.07, 6.45) is 4.35. The smallest absolute Gasteiger partial charge is 0.181 e. The summed E-state index contributed by atoms with van der Waals surface area (Å²) in [5.74, 6) is 1.52. The van der Waals surface area contributed by atoms with E-state index in [1.54, 1.807) is 18.2 Å². The van der Waals surface area contributed by atoms with Crippen molar-refractivity contribution in [3.8, 4) is 0 Å². The number of H-pyrrole nitrogens is 1. The van der Waals surface area contributed by atoms with Gasteiger partial charge in [-0.2, -0.15) is 5.10 Å². The van der Waals surface area contributed by atoms with E-state index < -0.39 is 9.84 Å². The number of aromatic nitrogens is 3. The third kappa shape index (κ3) is 3.55. The quantitative estimate of drug-likeness (QED) is 0.848. The zero-order valence-electron chi connectivity index (χ0n) is 13.2. The van der Waals surface area contributed by atoms with Crippen molar-refractivity contribution >= 4 is 15.5 Å². The number of aromatic amines is 1. The Kier molecular flexibility index (Phi) is 4.66. The molecule has 3 rings (SSSR count). The molecule has 23 heavy (non-hydrogen) atoms. The number of hydrogen-bond acceptors (Lipinski definition) is 5. The molecule has 1 saturated carbocycles. The number of rotatable bonds is 6. The third-order valence-corrected chi connectivity index (χ3v) is 6.52. The van der Waals surface area contributed by atoms with Gasteiger partial charge in [0.05, 0.1) is 16.7 Å². The van der Waals surface area contributed by atoms with Gasteiger partial charge in [-0.3, -0.25) is 5.10 Å². The van der Waals surface area contributed by atoms with Gasteiger partial charge in [-0.25, -0.2) is 13.4 Å². The normalized spacial score (nSPS) is 15.9. The number of nitrogens with one attached hydrogen (secondary N) is 2. The number of benzene rings is 1. The van der Waals surface area contributed by atoms with Crippen molar-refractivity contribution in [1.82, 2.24) is 15.2 Å². The Hall–Kier alpha value is -1.89. The zero-order valence-corrected chi connectivity index (χ0v) is 14.1. The molecule has 0 aliphatic heterocycles. The summed E-state index contributed by atoms with van der Waals surface area (Å²) in [5, 5.41) is 9.94. The lowest BCUT2D eigenvalue weighted by atomic mass is 10.3. The van der Waals surface area contributed by atoms with E-state index in [1.807, 2.05) is 13.0 Å². The molecule has 1 heterocycles. The van der Waals surface area contributed by atoms with E-state index in [4.69, 9.17) is 0 Å². The Labute approximate surface area is 136 Å². The molecule has 0 unspecified atom stereocenters. The predicted molar refractivity (Wildman–Crippen MR) is 89.0 cm³/mol. The molecule has 7 heteroatoms. The minimum absolute atomic E-state index is 0.223. The molecule has 1 aromatic carbocycles. The minimum Gasteiger partial charge on any atom is -0.378 e. The first-order valence-electron chi connectivity index (χ1n) is 8.07. The molecule has 1 aliphatic rings. The van der Waals surface area contributed by atoms with E-state index in [2.05, 4.69) is 20.5 Å². The Morgan fingerprint density at radius 1 is 1.30 bits per heavy atom. The van der Waals surface area contributed by atoms with Crippen molar-refractivity contribution in [3.05, 3.63) is 35.9 Å². The molecule has 1 aliphatic carbocycles. The first-order chi connectivity index (χ1) is 11.1. The molecule has 1 fully saturated rings. The van der Waals surface area contributed by atoms with Gasteiger partial charge in [0, 0.05) is 12.1 Å². The Morgan fingerprint density at radius 2 is 2.09 bits per heavy atom. The van der Waals surface area contributed by atoms with Crippen LogP contribution in [0.25, 0.3) is 0 Å². The molecule has 2 N–H and O–H groups in total. The lowest BCUT2D eigenvalue weighted by Crippen LogP contribution is -2.17. The van der Waals surface area contributed by atoms with Crippen molar-refractivity contribution in [1.29, 1.82) is 0 Å². The summed E-state index contributed by atoms with van der Waals surface area (Å²) in [4.78, 5) is 4.73. The van der Waals surface area contributed by atoms with Gasteiger partial charge in [-0.05, 0) is 31.0 Å². The predicted octanol–water partition coefficient (Wildman–Crippen LogP) is 2.70. The highest BCUT2D eigenvalue weighted by atomic mass is 32.2. The average molecular weight is 334 g/mol. The highest BCUT2D eigenvalue weighted by molar-refractivity contribution is 7.92. The maximum Gasteiger partial charge on any atom is 0.181 e. The highest BCUT2D eigenvalue weighted by Crippen LogP contribution is 2.30. The van der Waals surface area contributed by atoms with Gasteiger partial charge in [-0.1, -0.05) is 25.8 Å². The van der Waals surface area contributed by atoms with Crippen molar-refractivity contribution in [2.24, 2.45) is 0 Å². The van der Waals surface area contributed by atoms with Gasteiger partial charge in [0.15, 0.2) is 15.7 Å². The maximum atomic E-state index is 12.6. The van der Waals surface area contributed by atoms with Crippen LogP contribution in [0.1, 0.15) is 44.3 Å². The lowest BCUT2D eigenvalue weighted by Gasteiger charge is -2.12. The van der Waals surface area contributed by atoms with Gasteiger partial charge in [0.25, 0.3) is 0 Å². The lowest BCUT2D eigenvalue weighted by molar-refractivity contribution is 0.579. The zero-order chi connectivity index (χ0) is 16.3. The fraction of sp³-hybridized carbons (Fsp3) is 0.500. The molecule has 1 aromatic heterocycles. The molecule has 0 radical (unpaired) electrons. The standard InChI is InChI=1S/C16H22N4O2S/c1-2-15-18-16(20-19-15)11-17-12-6-5-9-14(10-12)23(21,22)13-7-3-4-8-13/h5-6,9-10,13,17H,2-4,7-8,11H2,1H3,(H,18,19,20). The molecular formula is C16H22N4O2S. The number of anilines is 1. The monoisotopic (exact) mass is 334 g/mol. The Balaban J connectivity index is 1.72. The van der Waals surface area contributed by atoms with Gasteiger partial charge in [0.1, 0.15) is 5.82 Å². The second-order valence-electron chi connectivity index (χ2n) is 5.88. The molecule has 0 atom stereocenters. The molecule has 6 nitrogen and oxygen atoms in total. The van der Waals surface area contributed by atoms with Crippen LogP contribution in [0.4, 0.5) is 5.69 Å². The Bertz CT molecular complexity index is 764. The third-order valence-electron chi connectivity index (χ3n) is 4.26. The maximum absolute atomic E-state index is 12.6. The van der Waals surface area contributed by atoms with E-state index in [0.717, 1.165) is 49.4 Å². The van der Waals surface area contributed by atoms with Crippen LogP contribution in [0.15, 0.2) is 29.2 Å². The van der Waals surface area contributed by atoms with Gasteiger partial charge in [0.2, 0.25) is 0 Å². The summed E-state index contributed by atoms with van der Waals surface area (Å²) >= 11 is 0. The van der Waals surface area contributed by atoms with Crippen LogP contribution in [0, 0.1) is 0 Å². The van der Waals surface area contributed by atoms with Crippen molar-refractivity contribution in [3.63, 3.8) is 0 Å². The van der Waals surface area contributed by atoms with Gasteiger partial charge in [-0.15, -0.1) is 0 Å². The largest absolute Gasteiger partial charge is 0.378 e. The summed E-state index contributed by atoms with van der Waals surface area (Å²) in [7, 11) is -3.22. The second kappa shape index (κ2) is 6.70. The fourth-order valence-corrected chi connectivity index (χ4v) is 4.83. The SMILES string of the molecule is CCc1n[nH]c(CNc2cccc(S(=O)(=O)C3CCCC3)c2)n1. The first kappa shape index (κ1) is 16.0. The van der Waals surface area contributed by atoms with E-state index >= 15 is 0 Å². The van der Waals surface area contributed by atoms with Crippen LogP contribution in [0.5, 0.6) is 0 Å². The fourth-order valence-electron chi connectivity index (χ4n) is 2.93. The molecule has 124 valence electrons. The molecular weight excluding hydrogens is 312 g/mol. The van der Waals surface area contributed by atoms with E-state index in [0.29, 0.717) is 11.4 Å². The summed E-state index contributed by atoms with van der Waals surface area (Å²) in [5.41, 5.74) is 0.776. The number of sulfone groups is 1. The van der Waals surface area contributed by atoms with Crippen LogP contribution in [-0.4, -0.2) is 28.8 Å².